The third-order valence-corrected chi connectivity index (χ3v) is 1.78. The van der Waals surface area contributed by atoms with Gasteiger partial charge in [-0.2, -0.15) is 4.98 Å². The molecule has 0 unspecified atom stereocenters. The first-order chi connectivity index (χ1) is 6.70. The minimum atomic E-state index is -0.484. The molecule has 0 bridgehead atoms. The molecule has 0 amide bonds. The molecular weight excluding hydrogens is 207 g/mol. The van der Waals surface area contributed by atoms with Crippen molar-refractivity contribution in [2.45, 2.75) is 0 Å². The third-order valence-electron chi connectivity index (χ3n) is 1.61. The molecule has 0 aliphatic rings. The monoisotopic (exact) mass is 210 g/mol. The molecule has 2 aromatic heterocycles. The molecule has 0 N–H and O–H groups in total. The molecule has 2 heterocycles. The van der Waals surface area contributed by atoms with Gasteiger partial charge in [-0.15, -0.1) is 0 Å². The van der Waals surface area contributed by atoms with E-state index in [0.717, 1.165) is 6.20 Å². The number of pyridine rings is 1. The summed E-state index contributed by atoms with van der Waals surface area (Å²) in [6, 6.07) is 1.21. The Bertz CT molecular complexity index is 509. The summed E-state index contributed by atoms with van der Waals surface area (Å²) in [7, 11) is 0. The van der Waals surface area contributed by atoms with E-state index in [1.165, 1.54) is 6.07 Å². The van der Waals surface area contributed by atoms with Crippen LogP contribution < -0.4 is 0 Å². The molecule has 0 radical (unpaired) electrons. The summed E-state index contributed by atoms with van der Waals surface area (Å²) < 4.78 is 12.8. The quantitative estimate of drug-likeness (QED) is 0.535. The summed E-state index contributed by atoms with van der Waals surface area (Å²) in [5.41, 5.74) is 0.693. The standard InChI is InChI=1S/C8H4ClFN4/c1-11-7-6-5(13-8(9)14-7)2-4(10)3-12-6/h2-3H,1H2. The van der Waals surface area contributed by atoms with Gasteiger partial charge < -0.3 is 0 Å². The van der Waals surface area contributed by atoms with Crippen molar-refractivity contribution in [3.8, 4) is 0 Å². The first-order valence-electron chi connectivity index (χ1n) is 3.66. The van der Waals surface area contributed by atoms with Crippen molar-refractivity contribution >= 4 is 35.2 Å². The number of aliphatic imine (C=N–C) groups is 1. The first-order valence-corrected chi connectivity index (χ1v) is 4.04. The average molecular weight is 211 g/mol. The normalized spacial score (nSPS) is 10.4. The van der Waals surface area contributed by atoms with Crippen molar-refractivity contribution in [1.82, 2.24) is 15.0 Å². The lowest BCUT2D eigenvalue weighted by Crippen LogP contribution is -1.90. The van der Waals surface area contributed by atoms with Crippen LogP contribution in [-0.2, 0) is 0 Å². The van der Waals surface area contributed by atoms with Crippen molar-refractivity contribution in [2.75, 3.05) is 0 Å². The Morgan fingerprint density at radius 1 is 1.43 bits per heavy atom. The highest BCUT2D eigenvalue weighted by molar-refractivity contribution is 6.28. The second-order valence-corrected chi connectivity index (χ2v) is 2.83. The van der Waals surface area contributed by atoms with Crippen LogP contribution in [0.15, 0.2) is 17.3 Å². The second kappa shape index (κ2) is 3.26. The smallest absolute Gasteiger partial charge is 0.225 e. The molecular formula is C8H4ClFN4. The fraction of sp³-hybridized carbons (Fsp3) is 0. The van der Waals surface area contributed by atoms with E-state index in [-0.39, 0.29) is 11.1 Å². The van der Waals surface area contributed by atoms with E-state index in [4.69, 9.17) is 11.6 Å². The number of rotatable bonds is 1. The molecule has 70 valence electrons. The van der Waals surface area contributed by atoms with Gasteiger partial charge in [0.2, 0.25) is 5.28 Å². The lowest BCUT2D eigenvalue weighted by Gasteiger charge is -1.99. The summed E-state index contributed by atoms with van der Waals surface area (Å²) in [5, 5.41) is -0.00713. The first kappa shape index (κ1) is 8.96. The van der Waals surface area contributed by atoms with E-state index in [9.17, 15) is 4.39 Å². The molecule has 2 aromatic rings. The van der Waals surface area contributed by atoms with E-state index < -0.39 is 5.82 Å². The Morgan fingerprint density at radius 2 is 2.21 bits per heavy atom. The van der Waals surface area contributed by atoms with Crippen LogP contribution in [0.2, 0.25) is 5.28 Å². The molecule has 0 aromatic carbocycles. The molecule has 0 fully saturated rings. The van der Waals surface area contributed by atoms with Crippen LogP contribution in [0, 0.1) is 5.82 Å². The highest BCUT2D eigenvalue weighted by Crippen LogP contribution is 2.21. The summed E-state index contributed by atoms with van der Waals surface area (Å²) >= 11 is 5.59. The van der Waals surface area contributed by atoms with E-state index in [0.29, 0.717) is 11.0 Å². The maximum Gasteiger partial charge on any atom is 0.225 e. The van der Waals surface area contributed by atoms with Gasteiger partial charge in [-0.25, -0.2) is 19.4 Å². The van der Waals surface area contributed by atoms with E-state index in [2.05, 4.69) is 26.7 Å². The maximum atomic E-state index is 12.8. The molecule has 4 nitrogen and oxygen atoms in total. The Hall–Kier alpha value is -1.62. The fourth-order valence-corrected chi connectivity index (χ4v) is 1.23. The molecule has 0 spiro atoms. The highest BCUT2D eigenvalue weighted by Gasteiger charge is 2.07. The lowest BCUT2D eigenvalue weighted by atomic mass is 10.3. The van der Waals surface area contributed by atoms with Crippen molar-refractivity contribution in [1.29, 1.82) is 0 Å². The van der Waals surface area contributed by atoms with Gasteiger partial charge in [-0.05, 0) is 18.3 Å². The van der Waals surface area contributed by atoms with E-state index >= 15 is 0 Å². The van der Waals surface area contributed by atoms with Crippen LogP contribution in [0.25, 0.3) is 11.0 Å². The largest absolute Gasteiger partial charge is 0.248 e. The Balaban J connectivity index is 2.87. The van der Waals surface area contributed by atoms with Crippen LogP contribution in [0.5, 0.6) is 0 Å². The van der Waals surface area contributed by atoms with Gasteiger partial charge in [-0.1, -0.05) is 0 Å². The maximum absolute atomic E-state index is 12.8. The Kier molecular flexibility index (Phi) is 2.09. The topological polar surface area (TPSA) is 51.0 Å². The van der Waals surface area contributed by atoms with Crippen molar-refractivity contribution in [2.24, 2.45) is 4.99 Å². The lowest BCUT2D eigenvalue weighted by molar-refractivity contribution is 0.624. The predicted octanol–water partition coefficient (Wildman–Crippen LogP) is 2.15. The summed E-state index contributed by atoms with van der Waals surface area (Å²) in [6.45, 7) is 3.31. The second-order valence-electron chi connectivity index (χ2n) is 2.50. The van der Waals surface area contributed by atoms with Gasteiger partial charge in [0, 0.05) is 6.07 Å². The number of nitrogens with zero attached hydrogens (tertiary/aromatic N) is 4. The van der Waals surface area contributed by atoms with E-state index in [1.807, 2.05) is 0 Å². The van der Waals surface area contributed by atoms with Gasteiger partial charge in [0.1, 0.15) is 11.3 Å². The van der Waals surface area contributed by atoms with Gasteiger partial charge in [0.25, 0.3) is 0 Å². The number of hydrogen-bond donors (Lipinski definition) is 0. The Labute approximate surface area is 83.5 Å². The van der Waals surface area contributed by atoms with Crippen LogP contribution in [0.4, 0.5) is 10.2 Å². The zero-order valence-corrected chi connectivity index (χ0v) is 7.66. The zero-order valence-electron chi connectivity index (χ0n) is 6.91. The fourth-order valence-electron chi connectivity index (χ4n) is 1.06. The van der Waals surface area contributed by atoms with E-state index in [1.54, 1.807) is 0 Å². The van der Waals surface area contributed by atoms with Crippen molar-refractivity contribution in [3.63, 3.8) is 0 Å². The molecule has 0 aliphatic heterocycles. The van der Waals surface area contributed by atoms with Gasteiger partial charge in [0.05, 0.1) is 11.7 Å². The molecule has 14 heavy (non-hydrogen) atoms. The molecule has 0 saturated heterocycles. The molecule has 0 atom stereocenters. The van der Waals surface area contributed by atoms with Gasteiger partial charge in [-0.3, -0.25) is 0 Å². The third kappa shape index (κ3) is 1.42. The van der Waals surface area contributed by atoms with Crippen LogP contribution in [0.1, 0.15) is 0 Å². The molecule has 0 aliphatic carbocycles. The zero-order chi connectivity index (χ0) is 10.1. The summed E-state index contributed by atoms with van der Waals surface area (Å²) in [4.78, 5) is 15.0. The van der Waals surface area contributed by atoms with Crippen LogP contribution in [-0.4, -0.2) is 21.7 Å². The van der Waals surface area contributed by atoms with Crippen LogP contribution >= 0.6 is 11.6 Å². The molecule has 0 saturated carbocycles. The number of halogens is 2. The predicted molar refractivity (Wildman–Crippen MR) is 51.5 cm³/mol. The van der Waals surface area contributed by atoms with Crippen LogP contribution in [0.3, 0.4) is 0 Å². The molecule has 6 heteroatoms. The molecule has 2 rings (SSSR count). The SMILES string of the molecule is C=Nc1nc(Cl)nc2cc(F)cnc12. The minimum Gasteiger partial charge on any atom is -0.248 e. The van der Waals surface area contributed by atoms with Crippen molar-refractivity contribution < 1.29 is 4.39 Å². The number of hydrogen-bond acceptors (Lipinski definition) is 4. The summed E-state index contributed by atoms with van der Waals surface area (Å²) in [6.07, 6.45) is 1.06. The summed E-state index contributed by atoms with van der Waals surface area (Å²) in [5.74, 6) is -0.234. The number of fused-ring (bicyclic) bond motifs is 1. The van der Waals surface area contributed by atoms with Gasteiger partial charge >= 0.3 is 0 Å². The number of aromatic nitrogens is 3. The average Bonchev–Trinajstić information content (AvgIpc) is 2.15. The Morgan fingerprint density at radius 3 is 2.93 bits per heavy atom. The minimum absolute atomic E-state index is 0.00713. The van der Waals surface area contributed by atoms with Gasteiger partial charge in [0.15, 0.2) is 5.82 Å². The van der Waals surface area contributed by atoms with Crippen molar-refractivity contribution in [3.05, 3.63) is 23.4 Å². The highest BCUT2D eigenvalue weighted by atomic mass is 35.5.